The van der Waals surface area contributed by atoms with Gasteiger partial charge in [0.2, 0.25) is 15.6 Å². The molecule has 1 aliphatic rings. The number of carbonyl (C=O) groups excluding carboxylic acids is 1. The second-order valence-electron chi connectivity index (χ2n) is 6.75. The second kappa shape index (κ2) is 7.02. The molecule has 1 saturated heterocycles. The fourth-order valence-corrected chi connectivity index (χ4v) is 4.56. The van der Waals surface area contributed by atoms with Crippen LogP contribution in [0.1, 0.15) is 20.8 Å². The number of alkyl halides is 3. The van der Waals surface area contributed by atoms with E-state index in [1.165, 1.54) is 13.8 Å². The highest BCUT2D eigenvalue weighted by molar-refractivity contribution is 7.89. The maximum Gasteiger partial charge on any atom is 0.426 e. The Morgan fingerprint density at radius 3 is 2.11 bits per heavy atom. The van der Waals surface area contributed by atoms with Crippen molar-refractivity contribution >= 4 is 15.9 Å². The number of halogens is 4. The first-order valence-corrected chi connectivity index (χ1v) is 9.51. The van der Waals surface area contributed by atoms with Gasteiger partial charge >= 0.3 is 6.18 Å². The SMILES string of the molecule is CC1CN(S(=O)(=O)c2ccc(F)cc2)C(C)CN1C(=O)C(C)(O)C(F)(F)F. The third-order valence-corrected chi connectivity index (χ3v) is 6.57. The number of amides is 1. The first-order valence-electron chi connectivity index (χ1n) is 8.07. The van der Waals surface area contributed by atoms with Crippen LogP contribution in [0.5, 0.6) is 0 Å². The summed E-state index contributed by atoms with van der Waals surface area (Å²) in [4.78, 5) is 12.9. The number of aliphatic hydroxyl groups is 1. The average Bonchev–Trinajstić information content (AvgIpc) is 2.55. The first-order chi connectivity index (χ1) is 12.2. The Labute approximate surface area is 154 Å². The van der Waals surface area contributed by atoms with Crippen molar-refractivity contribution in [3.63, 3.8) is 0 Å². The summed E-state index contributed by atoms with van der Waals surface area (Å²) in [6, 6.07) is 2.41. The summed E-state index contributed by atoms with van der Waals surface area (Å²) >= 11 is 0. The minimum Gasteiger partial charge on any atom is -0.373 e. The summed E-state index contributed by atoms with van der Waals surface area (Å²) in [6.45, 7) is 2.61. The van der Waals surface area contributed by atoms with Crippen LogP contribution in [-0.4, -0.2) is 65.6 Å². The Morgan fingerprint density at radius 2 is 1.63 bits per heavy atom. The largest absolute Gasteiger partial charge is 0.426 e. The fourth-order valence-electron chi connectivity index (χ4n) is 2.86. The highest BCUT2D eigenvalue weighted by Gasteiger charge is 2.58. The second-order valence-corrected chi connectivity index (χ2v) is 8.64. The number of hydrogen-bond acceptors (Lipinski definition) is 4. The van der Waals surface area contributed by atoms with Gasteiger partial charge in [-0.1, -0.05) is 0 Å². The van der Waals surface area contributed by atoms with Gasteiger partial charge in [0.1, 0.15) is 5.82 Å². The molecule has 11 heteroatoms. The van der Waals surface area contributed by atoms with Crippen molar-refractivity contribution in [1.82, 2.24) is 9.21 Å². The van der Waals surface area contributed by atoms with Crippen molar-refractivity contribution in [1.29, 1.82) is 0 Å². The lowest BCUT2D eigenvalue weighted by atomic mass is 10.0. The van der Waals surface area contributed by atoms with E-state index in [2.05, 4.69) is 0 Å². The summed E-state index contributed by atoms with van der Waals surface area (Å²) in [5, 5.41) is 9.62. The molecule has 3 atom stereocenters. The Hall–Kier alpha value is -1.72. The van der Waals surface area contributed by atoms with Crippen LogP contribution < -0.4 is 0 Å². The summed E-state index contributed by atoms with van der Waals surface area (Å²) in [7, 11) is -4.03. The van der Waals surface area contributed by atoms with Gasteiger partial charge in [-0.25, -0.2) is 12.8 Å². The van der Waals surface area contributed by atoms with E-state index in [4.69, 9.17) is 0 Å². The predicted molar refractivity (Wildman–Crippen MR) is 87.6 cm³/mol. The molecule has 1 fully saturated rings. The zero-order valence-corrected chi connectivity index (χ0v) is 15.7. The standard InChI is InChI=1S/C16H20F4N2O4S/c1-10-9-22(27(25,26)13-6-4-12(17)5-7-13)11(2)8-21(10)14(23)15(3,24)16(18,19)20/h4-7,10-11,24H,8-9H2,1-3H3. The normalized spacial score (nSPS) is 24.5. The fraction of sp³-hybridized carbons (Fsp3) is 0.562. The number of piperazine rings is 1. The number of rotatable bonds is 3. The minimum absolute atomic E-state index is 0.162. The van der Waals surface area contributed by atoms with Crippen LogP contribution in [0.25, 0.3) is 0 Å². The molecular weight excluding hydrogens is 392 g/mol. The van der Waals surface area contributed by atoms with Gasteiger partial charge in [0.15, 0.2) is 0 Å². The van der Waals surface area contributed by atoms with Crippen LogP contribution in [0.2, 0.25) is 0 Å². The Bertz CT molecular complexity index is 809. The van der Waals surface area contributed by atoms with Gasteiger partial charge in [0, 0.05) is 25.2 Å². The van der Waals surface area contributed by atoms with E-state index in [0.717, 1.165) is 33.5 Å². The molecule has 2 rings (SSSR count). The smallest absolute Gasteiger partial charge is 0.373 e. The van der Waals surface area contributed by atoms with Crippen molar-refractivity contribution in [3.05, 3.63) is 30.1 Å². The summed E-state index contributed by atoms with van der Waals surface area (Å²) in [6.07, 6.45) is -5.16. The molecule has 0 aliphatic carbocycles. The number of sulfonamides is 1. The number of benzene rings is 1. The van der Waals surface area contributed by atoms with Crippen molar-refractivity contribution in [2.75, 3.05) is 13.1 Å². The summed E-state index contributed by atoms with van der Waals surface area (Å²) in [5.74, 6) is -2.15. The maximum absolute atomic E-state index is 13.0. The van der Waals surface area contributed by atoms with Crippen molar-refractivity contribution in [2.45, 2.75) is 49.5 Å². The lowest BCUT2D eigenvalue weighted by molar-refractivity contribution is -0.251. The molecule has 152 valence electrons. The lowest BCUT2D eigenvalue weighted by Gasteiger charge is -2.45. The molecule has 3 unspecified atom stereocenters. The van der Waals surface area contributed by atoms with Crippen LogP contribution in [-0.2, 0) is 14.8 Å². The van der Waals surface area contributed by atoms with E-state index in [1.807, 2.05) is 0 Å². The van der Waals surface area contributed by atoms with Gasteiger partial charge in [0.05, 0.1) is 4.90 Å². The number of nitrogens with zero attached hydrogens (tertiary/aromatic N) is 2. The molecule has 0 aromatic heterocycles. The third-order valence-electron chi connectivity index (χ3n) is 4.58. The molecule has 1 N–H and O–H groups in total. The van der Waals surface area contributed by atoms with Gasteiger partial charge in [0.25, 0.3) is 5.91 Å². The van der Waals surface area contributed by atoms with E-state index in [-0.39, 0.29) is 18.0 Å². The van der Waals surface area contributed by atoms with Gasteiger partial charge < -0.3 is 10.0 Å². The van der Waals surface area contributed by atoms with Gasteiger partial charge in [-0.05, 0) is 45.0 Å². The van der Waals surface area contributed by atoms with Crippen LogP contribution in [0, 0.1) is 5.82 Å². The molecule has 6 nitrogen and oxygen atoms in total. The Morgan fingerprint density at radius 1 is 1.11 bits per heavy atom. The molecule has 1 aliphatic heterocycles. The lowest BCUT2D eigenvalue weighted by Crippen LogP contribution is -2.65. The van der Waals surface area contributed by atoms with E-state index >= 15 is 0 Å². The Balaban J connectivity index is 2.27. The van der Waals surface area contributed by atoms with Gasteiger partial charge in [-0.15, -0.1) is 0 Å². The molecule has 1 aromatic carbocycles. The van der Waals surface area contributed by atoms with Crippen molar-refractivity contribution in [2.24, 2.45) is 0 Å². The summed E-state index contributed by atoms with van der Waals surface area (Å²) in [5.41, 5.74) is -3.57. The van der Waals surface area contributed by atoms with Gasteiger partial charge in [-0.2, -0.15) is 17.5 Å². The molecule has 0 bridgehead atoms. The van der Waals surface area contributed by atoms with Crippen molar-refractivity contribution < 1.29 is 35.9 Å². The molecule has 1 aromatic rings. The molecule has 0 saturated carbocycles. The molecule has 27 heavy (non-hydrogen) atoms. The first kappa shape index (κ1) is 21.6. The number of hydrogen-bond donors (Lipinski definition) is 1. The molecule has 0 spiro atoms. The van der Waals surface area contributed by atoms with E-state index < -0.39 is 45.6 Å². The zero-order chi connectivity index (χ0) is 20.8. The monoisotopic (exact) mass is 412 g/mol. The highest BCUT2D eigenvalue weighted by atomic mass is 32.2. The number of carbonyl (C=O) groups is 1. The molecule has 1 amide bonds. The summed E-state index contributed by atoms with van der Waals surface area (Å²) < 4.78 is 78.4. The van der Waals surface area contributed by atoms with E-state index in [9.17, 15) is 35.9 Å². The van der Waals surface area contributed by atoms with Crippen LogP contribution in [0.4, 0.5) is 17.6 Å². The zero-order valence-electron chi connectivity index (χ0n) is 14.9. The third kappa shape index (κ3) is 3.94. The average molecular weight is 412 g/mol. The minimum atomic E-state index is -5.16. The topological polar surface area (TPSA) is 77.9 Å². The quantitative estimate of drug-likeness (QED) is 0.768. The van der Waals surface area contributed by atoms with E-state index in [1.54, 1.807) is 0 Å². The predicted octanol–water partition coefficient (Wildman–Crippen LogP) is 1.75. The molecule has 0 radical (unpaired) electrons. The Kier molecular flexibility index (Phi) is 5.61. The molecule has 1 heterocycles. The van der Waals surface area contributed by atoms with Gasteiger partial charge in [-0.3, -0.25) is 4.79 Å². The highest BCUT2D eigenvalue weighted by Crippen LogP contribution is 2.33. The van der Waals surface area contributed by atoms with E-state index in [0.29, 0.717) is 6.92 Å². The maximum atomic E-state index is 13.0. The molecular formula is C16H20F4N2O4S. The van der Waals surface area contributed by atoms with Crippen molar-refractivity contribution in [3.8, 4) is 0 Å². The van der Waals surface area contributed by atoms with Crippen LogP contribution in [0.15, 0.2) is 29.2 Å². The van der Waals surface area contributed by atoms with Crippen LogP contribution >= 0.6 is 0 Å². The van der Waals surface area contributed by atoms with Crippen LogP contribution in [0.3, 0.4) is 0 Å².